The van der Waals surface area contributed by atoms with Crippen molar-refractivity contribution < 1.29 is 4.79 Å². The number of carbonyl (C=O) groups is 1. The Morgan fingerprint density at radius 2 is 2.24 bits per heavy atom. The van der Waals surface area contributed by atoms with Gasteiger partial charge >= 0.3 is 0 Å². The van der Waals surface area contributed by atoms with E-state index in [1.807, 2.05) is 4.68 Å². The molecule has 0 aromatic carbocycles. The summed E-state index contributed by atoms with van der Waals surface area (Å²) in [6, 6.07) is 0.267. The molecule has 1 aliphatic heterocycles. The first kappa shape index (κ1) is 12.4. The summed E-state index contributed by atoms with van der Waals surface area (Å²) in [4.78, 5) is 11.3. The van der Waals surface area contributed by atoms with Crippen molar-refractivity contribution in [3.8, 4) is 0 Å². The van der Waals surface area contributed by atoms with Crippen molar-refractivity contribution in [2.45, 2.75) is 33.2 Å². The number of nitrogens with two attached hydrogens (primary N) is 1. The summed E-state index contributed by atoms with van der Waals surface area (Å²) in [7, 11) is 0. The fraction of sp³-hybridized carbons (Fsp3) is 0.636. The molecule has 5 nitrogen and oxygen atoms in total. The lowest BCUT2D eigenvalue weighted by Gasteiger charge is -2.35. The van der Waals surface area contributed by atoms with Crippen molar-refractivity contribution in [1.29, 1.82) is 0 Å². The van der Waals surface area contributed by atoms with Crippen LogP contribution in [0.15, 0.2) is 4.47 Å². The van der Waals surface area contributed by atoms with Crippen LogP contribution in [0.1, 0.15) is 43.7 Å². The molecule has 0 saturated heterocycles. The molecule has 17 heavy (non-hydrogen) atoms. The van der Waals surface area contributed by atoms with E-state index in [0.717, 1.165) is 18.8 Å². The number of fused-ring (bicyclic) bond motifs is 1. The van der Waals surface area contributed by atoms with E-state index in [0.29, 0.717) is 10.2 Å². The Bertz CT molecular complexity index is 461. The van der Waals surface area contributed by atoms with Crippen LogP contribution in [0.25, 0.3) is 0 Å². The molecular weight excluding hydrogens is 284 g/mol. The van der Waals surface area contributed by atoms with Gasteiger partial charge in [-0.15, -0.1) is 0 Å². The smallest absolute Gasteiger partial charge is 0.270 e. The molecule has 0 saturated carbocycles. The van der Waals surface area contributed by atoms with Gasteiger partial charge in [-0.25, -0.2) is 4.68 Å². The first-order valence-corrected chi connectivity index (χ1v) is 6.43. The maximum absolute atomic E-state index is 11.3. The zero-order valence-electron chi connectivity index (χ0n) is 10.2. The monoisotopic (exact) mass is 300 g/mol. The van der Waals surface area contributed by atoms with Crippen molar-refractivity contribution in [2.24, 2.45) is 11.1 Å². The fourth-order valence-corrected chi connectivity index (χ4v) is 2.80. The number of carbonyl (C=O) groups excluding carboxylic acids is 1. The van der Waals surface area contributed by atoms with Crippen molar-refractivity contribution in [3.63, 3.8) is 0 Å². The first-order valence-electron chi connectivity index (χ1n) is 5.64. The van der Waals surface area contributed by atoms with Crippen LogP contribution in [0.4, 0.5) is 5.82 Å². The van der Waals surface area contributed by atoms with Crippen LogP contribution in [0, 0.1) is 5.41 Å². The number of primary amides is 1. The molecule has 94 valence electrons. The van der Waals surface area contributed by atoms with Gasteiger partial charge in [-0.3, -0.25) is 4.79 Å². The Kier molecular flexibility index (Phi) is 2.93. The summed E-state index contributed by atoms with van der Waals surface area (Å²) >= 11 is 3.39. The van der Waals surface area contributed by atoms with E-state index in [-0.39, 0.29) is 11.5 Å². The van der Waals surface area contributed by atoms with E-state index < -0.39 is 5.91 Å². The lowest BCUT2D eigenvalue weighted by atomic mass is 9.84. The molecule has 1 aromatic rings. The van der Waals surface area contributed by atoms with Crippen LogP contribution in [0.5, 0.6) is 0 Å². The van der Waals surface area contributed by atoms with Gasteiger partial charge in [0.1, 0.15) is 5.82 Å². The number of nitrogens with zero attached hydrogens (tertiary/aromatic N) is 2. The third-order valence-electron chi connectivity index (χ3n) is 3.09. The van der Waals surface area contributed by atoms with Crippen molar-refractivity contribution in [3.05, 3.63) is 10.2 Å². The van der Waals surface area contributed by atoms with E-state index in [1.165, 1.54) is 0 Å². The predicted octanol–water partition coefficient (Wildman–Crippen LogP) is 2.15. The molecule has 1 aliphatic rings. The Hall–Kier alpha value is -1.04. The standard InChI is InChI=1S/C11H17BrN4O/c1-11(2,3)6-4-5-14-10-7(12)8(9(13)17)15-16(6)10/h6,14H,4-5H2,1-3H3,(H2,13,17). The highest BCUT2D eigenvalue weighted by molar-refractivity contribution is 9.10. The second kappa shape index (κ2) is 4.01. The lowest BCUT2D eigenvalue weighted by molar-refractivity contribution is 0.0992. The molecule has 1 aromatic heterocycles. The largest absolute Gasteiger partial charge is 0.369 e. The van der Waals surface area contributed by atoms with Gasteiger partial charge in [0.2, 0.25) is 0 Å². The maximum Gasteiger partial charge on any atom is 0.270 e. The van der Waals surface area contributed by atoms with Crippen LogP contribution < -0.4 is 11.1 Å². The van der Waals surface area contributed by atoms with Gasteiger partial charge in [-0.1, -0.05) is 20.8 Å². The number of hydrogen-bond acceptors (Lipinski definition) is 3. The summed E-state index contributed by atoms with van der Waals surface area (Å²) in [5.74, 6) is 0.346. The highest BCUT2D eigenvalue weighted by atomic mass is 79.9. The van der Waals surface area contributed by atoms with E-state index >= 15 is 0 Å². The average molecular weight is 301 g/mol. The van der Waals surface area contributed by atoms with Gasteiger partial charge in [-0.2, -0.15) is 5.10 Å². The van der Waals surface area contributed by atoms with Crippen LogP contribution >= 0.6 is 15.9 Å². The molecule has 0 radical (unpaired) electrons. The minimum atomic E-state index is -0.506. The zero-order chi connectivity index (χ0) is 12.8. The molecule has 0 bridgehead atoms. The predicted molar refractivity (Wildman–Crippen MR) is 70.0 cm³/mol. The lowest BCUT2D eigenvalue weighted by Crippen LogP contribution is -2.32. The Morgan fingerprint density at radius 3 is 2.76 bits per heavy atom. The number of hydrogen-bond donors (Lipinski definition) is 2. The van der Waals surface area contributed by atoms with E-state index in [1.54, 1.807) is 0 Å². The number of aromatic nitrogens is 2. The second-order valence-corrected chi connectivity index (χ2v) is 6.21. The Balaban J connectivity index is 2.53. The molecular formula is C11H17BrN4O. The number of amides is 1. The molecule has 1 unspecified atom stereocenters. The summed E-state index contributed by atoms with van der Waals surface area (Å²) in [5.41, 5.74) is 5.70. The molecule has 2 heterocycles. The Labute approximate surface area is 109 Å². The quantitative estimate of drug-likeness (QED) is 0.834. The molecule has 0 aliphatic carbocycles. The van der Waals surface area contributed by atoms with Crippen molar-refractivity contribution >= 4 is 27.7 Å². The molecule has 0 spiro atoms. The summed E-state index contributed by atoms with van der Waals surface area (Å²) in [5, 5.41) is 7.58. The average Bonchev–Trinajstić information content (AvgIpc) is 2.55. The van der Waals surface area contributed by atoms with Gasteiger partial charge in [-0.05, 0) is 27.8 Å². The molecule has 0 fully saturated rings. The number of anilines is 1. The second-order valence-electron chi connectivity index (χ2n) is 5.42. The molecule has 2 rings (SSSR count). The SMILES string of the molecule is CC(C)(C)C1CCNc2c(Br)c(C(N)=O)nn21. The van der Waals surface area contributed by atoms with Crippen LogP contribution in [-0.4, -0.2) is 22.2 Å². The van der Waals surface area contributed by atoms with Gasteiger partial charge in [0.05, 0.1) is 10.5 Å². The molecule has 3 N–H and O–H groups in total. The topological polar surface area (TPSA) is 72.9 Å². The molecule has 1 amide bonds. The van der Waals surface area contributed by atoms with Crippen LogP contribution in [-0.2, 0) is 0 Å². The van der Waals surface area contributed by atoms with Crippen molar-refractivity contribution in [1.82, 2.24) is 9.78 Å². The molecule has 6 heteroatoms. The summed E-state index contributed by atoms with van der Waals surface area (Å²) in [6.07, 6.45) is 0.989. The zero-order valence-corrected chi connectivity index (χ0v) is 11.8. The van der Waals surface area contributed by atoms with Crippen molar-refractivity contribution in [2.75, 3.05) is 11.9 Å². The van der Waals surface area contributed by atoms with Gasteiger partial charge in [0.15, 0.2) is 5.69 Å². The van der Waals surface area contributed by atoms with E-state index in [9.17, 15) is 4.79 Å². The number of rotatable bonds is 1. The Morgan fingerprint density at radius 1 is 1.59 bits per heavy atom. The third-order valence-corrected chi connectivity index (χ3v) is 3.84. The fourth-order valence-electron chi connectivity index (χ4n) is 2.21. The minimum absolute atomic E-state index is 0.0945. The van der Waals surface area contributed by atoms with E-state index in [2.05, 4.69) is 47.1 Å². The van der Waals surface area contributed by atoms with Gasteiger partial charge < -0.3 is 11.1 Å². The highest BCUT2D eigenvalue weighted by Crippen LogP contribution is 2.40. The number of halogens is 1. The number of nitrogens with one attached hydrogen (secondary N) is 1. The highest BCUT2D eigenvalue weighted by Gasteiger charge is 2.34. The van der Waals surface area contributed by atoms with Gasteiger partial charge in [0, 0.05) is 6.54 Å². The molecule has 1 atom stereocenters. The van der Waals surface area contributed by atoms with E-state index in [4.69, 9.17) is 5.73 Å². The minimum Gasteiger partial charge on any atom is -0.369 e. The van der Waals surface area contributed by atoms with Gasteiger partial charge in [0.25, 0.3) is 5.91 Å². The maximum atomic E-state index is 11.3. The first-order chi connectivity index (χ1) is 7.82. The third kappa shape index (κ3) is 2.06. The normalized spacial score (nSPS) is 19.6. The van der Waals surface area contributed by atoms with Crippen LogP contribution in [0.2, 0.25) is 0 Å². The van der Waals surface area contributed by atoms with Crippen LogP contribution in [0.3, 0.4) is 0 Å². The summed E-state index contributed by atoms with van der Waals surface area (Å²) in [6.45, 7) is 7.40. The summed E-state index contributed by atoms with van der Waals surface area (Å²) < 4.78 is 2.55.